The van der Waals surface area contributed by atoms with Crippen molar-refractivity contribution in [3.63, 3.8) is 0 Å². The Balaban J connectivity index is 1.72. The number of likely N-dealkylation sites (tertiary alicyclic amines) is 1. The number of unbranched alkanes of at least 4 members (excludes halogenated alkanes) is 1. The molecule has 1 saturated heterocycles. The van der Waals surface area contributed by atoms with Crippen LogP contribution in [0.1, 0.15) is 23.2 Å². The first-order valence-electron chi connectivity index (χ1n) is 8.37. The lowest BCUT2D eigenvalue weighted by molar-refractivity contribution is -0.145. The molecule has 1 aromatic rings. The highest BCUT2D eigenvalue weighted by molar-refractivity contribution is 9.10. The molecule has 25 heavy (non-hydrogen) atoms. The van der Waals surface area contributed by atoms with Gasteiger partial charge in [0.15, 0.2) is 0 Å². The lowest BCUT2D eigenvalue weighted by atomic mass is 9.94. The average molecular weight is 417 g/mol. The van der Waals surface area contributed by atoms with Crippen molar-refractivity contribution in [1.29, 1.82) is 0 Å². The Kier molecular flexibility index (Phi) is 7.80. The molecule has 4 atom stereocenters. The smallest absolute Gasteiger partial charge is 0.251 e. The van der Waals surface area contributed by atoms with Gasteiger partial charge in [-0.15, -0.1) is 0 Å². The van der Waals surface area contributed by atoms with Crippen LogP contribution in [0.3, 0.4) is 0 Å². The van der Waals surface area contributed by atoms with E-state index >= 15 is 0 Å². The van der Waals surface area contributed by atoms with Gasteiger partial charge in [0.25, 0.3) is 5.91 Å². The zero-order valence-electron chi connectivity index (χ0n) is 13.9. The second-order valence-electron chi connectivity index (χ2n) is 6.27. The zero-order chi connectivity index (χ0) is 18.4. The monoisotopic (exact) mass is 416 g/mol. The predicted octanol–water partition coefficient (Wildman–Crippen LogP) is -0.282. The Morgan fingerprint density at radius 2 is 2.00 bits per heavy atom. The number of amides is 1. The SMILES string of the molecule is O=C(NCCCCN1C[C@H](O)[C@@H](O)[C@H](O)[C@H]1CO)c1cccc(Br)c1. The van der Waals surface area contributed by atoms with E-state index in [-0.39, 0.29) is 19.1 Å². The number of benzene rings is 1. The summed E-state index contributed by atoms with van der Waals surface area (Å²) in [6.45, 7) is 0.980. The molecule has 0 spiro atoms. The van der Waals surface area contributed by atoms with Gasteiger partial charge in [0.1, 0.15) is 12.2 Å². The van der Waals surface area contributed by atoms with Crippen molar-refractivity contribution in [2.75, 3.05) is 26.2 Å². The number of hydrogen-bond acceptors (Lipinski definition) is 6. The number of halogens is 1. The molecule has 5 N–H and O–H groups in total. The fourth-order valence-corrected chi connectivity index (χ4v) is 3.41. The maximum atomic E-state index is 12.0. The van der Waals surface area contributed by atoms with Crippen LogP contribution in [-0.2, 0) is 0 Å². The molecule has 0 aromatic heterocycles. The molecule has 0 bridgehead atoms. The van der Waals surface area contributed by atoms with E-state index in [0.717, 1.165) is 17.3 Å². The second-order valence-corrected chi connectivity index (χ2v) is 7.18. The van der Waals surface area contributed by atoms with Crippen LogP contribution in [-0.4, -0.2) is 81.8 Å². The molecule has 0 saturated carbocycles. The van der Waals surface area contributed by atoms with Crippen molar-refractivity contribution < 1.29 is 25.2 Å². The maximum Gasteiger partial charge on any atom is 0.251 e. The lowest BCUT2D eigenvalue weighted by Gasteiger charge is -2.43. The van der Waals surface area contributed by atoms with Gasteiger partial charge in [0.05, 0.1) is 18.8 Å². The number of aliphatic hydroxyl groups is 4. The molecular formula is C17H25BrN2O5. The fraction of sp³-hybridized carbons (Fsp3) is 0.588. The summed E-state index contributed by atoms with van der Waals surface area (Å²) in [6, 6.07) is 6.56. The molecule has 7 nitrogen and oxygen atoms in total. The minimum atomic E-state index is -1.24. The predicted molar refractivity (Wildman–Crippen MR) is 96.2 cm³/mol. The number of carbonyl (C=O) groups excluding carboxylic acids is 1. The number of nitrogens with one attached hydrogen (secondary N) is 1. The van der Waals surface area contributed by atoms with Crippen LogP contribution in [0.4, 0.5) is 0 Å². The Morgan fingerprint density at radius 3 is 2.68 bits per heavy atom. The van der Waals surface area contributed by atoms with Crippen molar-refractivity contribution in [3.8, 4) is 0 Å². The Hall–Kier alpha value is -1.03. The van der Waals surface area contributed by atoms with Crippen molar-refractivity contribution in [2.45, 2.75) is 37.2 Å². The van der Waals surface area contributed by atoms with Crippen LogP contribution in [0.5, 0.6) is 0 Å². The molecule has 1 amide bonds. The van der Waals surface area contributed by atoms with E-state index in [4.69, 9.17) is 0 Å². The summed E-state index contributed by atoms with van der Waals surface area (Å²) >= 11 is 3.33. The standard InChI is InChI=1S/C17H25BrN2O5/c18-12-5-3-4-11(8-12)17(25)19-6-1-2-7-20-9-14(22)16(24)15(23)13(20)10-21/h3-5,8,13-16,21-24H,1-2,6-7,9-10H2,(H,19,25)/t13-,14+,15-,16-/m1/s1. The molecule has 1 aromatic carbocycles. The highest BCUT2D eigenvalue weighted by Gasteiger charge is 2.40. The molecule has 0 unspecified atom stereocenters. The highest BCUT2D eigenvalue weighted by Crippen LogP contribution is 2.19. The largest absolute Gasteiger partial charge is 0.395 e. The fourth-order valence-electron chi connectivity index (χ4n) is 3.01. The summed E-state index contributed by atoms with van der Waals surface area (Å²) < 4.78 is 0.847. The minimum absolute atomic E-state index is 0.138. The summed E-state index contributed by atoms with van der Waals surface area (Å²) in [5.74, 6) is -0.138. The number of rotatable bonds is 7. The molecule has 1 fully saturated rings. The van der Waals surface area contributed by atoms with Crippen molar-refractivity contribution in [2.24, 2.45) is 0 Å². The van der Waals surface area contributed by atoms with E-state index in [1.165, 1.54) is 0 Å². The van der Waals surface area contributed by atoms with Crippen LogP contribution >= 0.6 is 15.9 Å². The quantitative estimate of drug-likeness (QED) is 0.390. The summed E-state index contributed by atoms with van der Waals surface area (Å²) in [4.78, 5) is 13.8. The van der Waals surface area contributed by atoms with Gasteiger partial charge < -0.3 is 25.7 Å². The second kappa shape index (κ2) is 9.61. The molecule has 1 aliphatic rings. The van der Waals surface area contributed by atoms with Crippen LogP contribution in [0.2, 0.25) is 0 Å². The van der Waals surface area contributed by atoms with E-state index in [1.807, 2.05) is 6.07 Å². The Morgan fingerprint density at radius 1 is 1.24 bits per heavy atom. The first kappa shape index (κ1) is 20.3. The van der Waals surface area contributed by atoms with Crippen LogP contribution in [0, 0.1) is 0 Å². The zero-order valence-corrected chi connectivity index (χ0v) is 15.5. The third-order valence-corrected chi connectivity index (χ3v) is 4.95. The molecular weight excluding hydrogens is 392 g/mol. The topological polar surface area (TPSA) is 113 Å². The maximum absolute atomic E-state index is 12.0. The van der Waals surface area contributed by atoms with Crippen molar-refractivity contribution in [1.82, 2.24) is 10.2 Å². The van der Waals surface area contributed by atoms with Crippen LogP contribution in [0.15, 0.2) is 28.7 Å². The van der Waals surface area contributed by atoms with Crippen LogP contribution < -0.4 is 5.32 Å². The number of carbonyl (C=O) groups is 1. The number of piperidine rings is 1. The Bertz CT molecular complexity index is 574. The first-order chi connectivity index (χ1) is 11.9. The lowest BCUT2D eigenvalue weighted by Crippen LogP contribution is -2.62. The van der Waals surface area contributed by atoms with Gasteiger partial charge in [0.2, 0.25) is 0 Å². The van der Waals surface area contributed by atoms with Gasteiger partial charge in [-0.3, -0.25) is 9.69 Å². The van der Waals surface area contributed by atoms with E-state index in [9.17, 15) is 25.2 Å². The van der Waals surface area contributed by atoms with Gasteiger partial charge in [-0.1, -0.05) is 22.0 Å². The van der Waals surface area contributed by atoms with E-state index in [2.05, 4.69) is 21.2 Å². The minimum Gasteiger partial charge on any atom is -0.395 e. The third kappa shape index (κ3) is 5.47. The number of aliphatic hydroxyl groups excluding tert-OH is 4. The molecule has 0 radical (unpaired) electrons. The highest BCUT2D eigenvalue weighted by atomic mass is 79.9. The van der Waals surface area contributed by atoms with Gasteiger partial charge in [-0.2, -0.15) is 0 Å². The van der Waals surface area contributed by atoms with E-state index in [1.54, 1.807) is 23.1 Å². The van der Waals surface area contributed by atoms with Gasteiger partial charge in [-0.25, -0.2) is 0 Å². The summed E-state index contributed by atoms with van der Waals surface area (Å²) in [5, 5.41) is 41.6. The van der Waals surface area contributed by atoms with Crippen LogP contribution in [0.25, 0.3) is 0 Å². The summed E-state index contributed by atoms with van der Waals surface area (Å²) in [6.07, 6.45) is -2.00. The molecule has 1 heterocycles. The molecule has 140 valence electrons. The summed E-state index contributed by atoms with van der Waals surface area (Å²) in [5.41, 5.74) is 0.589. The Labute approximate surface area is 155 Å². The molecule has 0 aliphatic carbocycles. The average Bonchev–Trinajstić information content (AvgIpc) is 2.59. The van der Waals surface area contributed by atoms with Gasteiger partial charge >= 0.3 is 0 Å². The molecule has 1 aliphatic heterocycles. The normalized spacial score (nSPS) is 27.2. The molecule has 8 heteroatoms. The first-order valence-corrected chi connectivity index (χ1v) is 9.16. The number of β-amino-alcohol motifs (C(OH)–C–C–N with tert-alkyl or cyclic N) is 1. The van der Waals surface area contributed by atoms with Gasteiger partial charge in [-0.05, 0) is 37.6 Å². The number of nitrogens with zero attached hydrogens (tertiary/aromatic N) is 1. The van der Waals surface area contributed by atoms with Crippen molar-refractivity contribution in [3.05, 3.63) is 34.3 Å². The van der Waals surface area contributed by atoms with Gasteiger partial charge in [0, 0.05) is 23.1 Å². The molecule has 2 rings (SSSR count). The third-order valence-electron chi connectivity index (χ3n) is 4.46. The van der Waals surface area contributed by atoms with Crippen molar-refractivity contribution >= 4 is 21.8 Å². The number of hydrogen-bond donors (Lipinski definition) is 5. The van der Waals surface area contributed by atoms with E-state index < -0.39 is 24.4 Å². The van der Waals surface area contributed by atoms with E-state index in [0.29, 0.717) is 18.7 Å². The summed E-state index contributed by atoms with van der Waals surface area (Å²) in [7, 11) is 0.